The van der Waals surface area contributed by atoms with Gasteiger partial charge in [-0.1, -0.05) is 62.2 Å². The van der Waals surface area contributed by atoms with Gasteiger partial charge < -0.3 is 4.90 Å². The molecule has 1 fully saturated rings. The lowest BCUT2D eigenvalue weighted by molar-refractivity contribution is -0.133. The van der Waals surface area contributed by atoms with Crippen LogP contribution in [0.1, 0.15) is 38.2 Å². The number of amides is 1. The number of fused-ring (bicyclic) bond motifs is 1. The van der Waals surface area contributed by atoms with E-state index < -0.39 is 0 Å². The summed E-state index contributed by atoms with van der Waals surface area (Å²) in [5.41, 5.74) is 1.39. The van der Waals surface area contributed by atoms with Crippen molar-refractivity contribution in [3.8, 4) is 0 Å². The van der Waals surface area contributed by atoms with Gasteiger partial charge in [0, 0.05) is 39.1 Å². The number of carbonyl (C=O) groups is 1. The van der Waals surface area contributed by atoms with Crippen LogP contribution in [0.4, 0.5) is 0 Å². The summed E-state index contributed by atoms with van der Waals surface area (Å²) in [6.45, 7) is 6.84. The summed E-state index contributed by atoms with van der Waals surface area (Å²) in [5, 5.41) is 2.65. The predicted molar refractivity (Wildman–Crippen MR) is 99.9 cm³/mol. The van der Waals surface area contributed by atoms with Crippen molar-refractivity contribution >= 4 is 16.7 Å². The number of piperazine rings is 1. The monoisotopic (exact) mass is 324 g/mol. The molecule has 0 unspecified atom stereocenters. The quantitative estimate of drug-likeness (QED) is 0.748. The number of unbranched alkanes of at least 4 members (excludes halogenated alkanes) is 2. The van der Waals surface area contributed by atoms with Crippen LogP contribution in [0, 0.1) is 0 Å². The maximum Gasteiger partial charge on any atom is 0.222 e. The van der Waals surface area contributed by atoms with Crippen molar-refractivity contribution in [2.45, 2.75) is 39.2 Å². The normalized spacial score (nSPS) is 15.8. The molecule has 3 rings (SSSR count). The summed E-state index contributed by atoms with van der Waals surface area (Å²) >= 11 is 0. The van der Waals surface area contributed by atoms with Crippen LogP contribution in [0.25, 0.3) is 10.8 Å². The fraction of sp³-hybridized carbons (Fsp3) is 0.476. The lowest BCUT2D eigenvalue weighted by Crippen LogP contribution is -2.48. The minimum atomic E-state index is 0.341. The van der Waals surface area contributed by atoms with Gasteiger partial charge in [0.15, 0.2) is 0 Å². The predicted octanol–water partition coefficient (Wildman–Crippen LogP) is 4.06. The Balaban J connectivity index is 1.54. The molecule has 1 aliphatic heterocycles. The fourth-order valence-electron chi connectivity index (χ4n) is 3.51. The van der Waals surface area contributed by atoms with Crippen molar-refractivity contribution in [3.63, 3.8) is 0 Å². The summed E-state index contributed by atoms with van der Waals surface area (Å²) in [6, 6.07) is 15.1. The van der Waals surface area contributed by atoms with E-state index in [0.29, 0.717) is 5.91 Å². The number of nitrogens with zero attached hydrogens (tertiary/aromatic N) is 2. The third-order valence-electron chi connectivity index (χ3n) is 4.99. The molecule has 0 N–H and O–H groups in total. The molecule has 0 radical (unpaired) electrons. The Bertz CT molecular complexity index is 669. The topological polar surface area (TPSA) is 23.6 Å². The summed E-state index contributed by atoms with van der Waals surface area (Å²) in [5.74, 6) is 0.341. The van der Waals surface area contributed by atoms with Gasteiger partial charge in [0.05, 0.1) is 0 Å². The van der Waals surface area contributed by atoms with Crippen molar-refractivity contribution in [1.29, 1.82) is 0 Å². The molecular weight excluding hydrogens is 296 g/mol. The van der Waals surface area contributed by atoms with E-state index in [1.807, 2.05) is 0 Å². The second-order valence-corrected chi connectivity index (χ2v) is 6.75. The minimum Gasteiger partial charge on any atom is -0.340 e. The molecule has 0 atom stereocenters. The van der Waals surface area contributed by atoms with Gasteiger partial charge >= 0.3 is 0 Å². The second kappa shape index (κ2) is 8.29. The average Bonchev–Trinajstić information content (AvgIpc) is 2.63. The van der Waals surface area contributed by atoms with Gasteiger partial charge in [0.1, 0.15) is 0 Å². The molecule has 24 heavy (non-hydrogen) atoms. The van der Waals surface area contributed by atoms with E-state index in [1.54, 1.807) is 0 Å². The van der Waals surface area contributed by atoms with Gasteiger partial charge in [-0.25, -0.2) is 0 Å². The van der Waals surface area contributed by atoms with Gasteiger partial charge in [0.25, 0.3) is 0 Å². The molecule has 0 saturated carbocycles. The number of carbonyl (C=O) groups excluding carboxylic acids is 1. The average molecular weight is 324 g/mol. The van der Waals surface area contributed by atoms with Crippen molar-refractivity contribution in [3.05, 3.63) is 48.0 Å². The molecule has 2 aromatic carbocycles. The van der Waals surface area contributed by atoms with E-state index in [9.17, 15) is 4.79 Å². The Morgan fingerprint density at radius 1 is 0.958 bits per heavy atom. The molecule has 3 heteroatoms. The fourth-order valence-corrected chi connectivity index (χ4v) is 3.51. The summed E-state index contributed by atoms with van der Waals surface area (Å²) < 4.78 is 0. The molecule has 128 valence electrons. The number of hydrogen-bond donors (Lipinski definition) is 0. The van der Waals surface area contributed by atoms with Gasteiger partial charge in [-0.2, -0.15) is 0 Å². The first-order valence-electron chi connectivity index (χ1n) is 9.24. The minimum absolute atomic E-state index is 0.341. The van der Waals surface area contributed by atoms with Crippen molar-refractivity contribution in [1.82, 2.24) is 9.80 Å². The van der Waals surface area contributed by atoms with Crippen molar-refractivity contribution < 1.29 is 4.79 Å². The summed E-state index contributed by atoms with van der Waals surface area (Å²) in [4.78, 5) is 16.7. The first-order valence-corrected chi connectivity index (χ1v) is 9.24. The molecule has 3 nitrogen and oxygen atoms in total. The zero-order valence-electron chi connectivity index (χ0n) is 14.7. The zero-order valence-corrected chi connectivity index (χ0v) is 14.7. The third-order valence-corrected chi connectivity index (χ3v) is 4.99. The molecule has 0 spiro atoms. The first-order chi connectivity index (χ1) is 11.8. The van der Waals surface area contributed by atoms with Crippen LogP contribution in [0.15, 0.2) is 42.5 Å². The zero-order chi connectivity index (χ0) is 16.8. The van der Waals surface area contributed by atoms with Crippen LogP contribution in [-0.4, -0.2) is 41.9 Å². The Morgan fingerprint density at radius 3 is 2.50 bits per heavy atom. The maximum absolute atomic E-state index is 12.2. The Hall–Kier alpha value is -1.87. The Morgan fingerprint density at radius 2 is 1.71 bits per heavy atom. The van der Waals surface area contributed by atoms with Crippen LogP contribution >= 0.6 is 0 Å². The molecule has 0 bridgehead atoms. The van der Waals surface area contributed by atoms with Crippen molar-refractivity contribution in [2.24, 2.45) is 0 Å². The highest BCUT2D eigenvalue weighted by atomic mass is 16.2. The molecule has 1 heterocycles. The van der Waals surface area contributed by atoms with Crippen LogP contribution in [0.3, 0.4) is 0 Å². The van der Waals surface area contributed by atoms with E-state index in [2.05, 4.69) is 59.2 Å². The lowest BCUT2D eigenvalue weighted by atomic mass is 10.0. The third kappa shape index (κ3) is 4.15. The lowest BCUT2D eigenvalue weighted by Gasteiger charge is -2.35. The van der Waals surface area contributed by atoms with Gasteiger partial charge in [-0.05, 0) is 22.8 Å². The van der Waals surface area contributed by atoms with Crippen LogP contribution in [0.5, 0.6) is 0 Å². The largest absolute Gasteiger partial charge is 0.340 e. The van der Waals surface area contributed by atoms with Crippen LogP contribution in [-0.2, 0) is 11.3 Å². The van der Waals surface area contributed by atoms with Gasteiger partial charge in [-0.3, -0.25) is 9.69 Å². The molecule has 1 amide bonds. The van der Waals surface area contributed by atoms with Crippen LogP contribution in [0.2, 0.25) is 0 Å². The highest BCUT2D eigenvalue weighted by Gasteiger charge is 2.20. The highest BCUT2D eigenvalue weighted by Crippen LogP contribution is 2.20. The number of rotatable bonds is 6. The van der Waals surface area contributed by atoms with E-state index in [4.69, 9.17) is 0 Å². The van der Waals surface area contributed by atoms with Gasteiger partial charge in [-0.15, -0.1) is 0 Å². The smallest absolute Gasteiger partial charge is 0.222 e. The maximum atomic E-state index is 12.2. The highest BCUT2D eigenvalue weighted by molar-refractivity contribution is 5.85. The van der Waals surface area contributed by atoms with Crippen molar-refractivity contribution in [2.75, 3.05) is 26.2 Å². The second-order valence-electron chi connectivity index (χ2n) is 6.75. The van der Waals surface area contributed by atoms with E-state index in [-0.39, 0.29) is 0 Å². The Labute approximate surface area is 145 Å². The van der Waals surface area contributed by atoms with E-state index in [0.717, 1.165) is 52.0 Å². The Kier molecular flexibility index (Phi) is 5.86. The van der Waals surface area contributed by atoms with E-state index >= 15 is 0 Å². The molecule has 1 saturated heterocycles. The van der Waals surface area contributed by atoms with E-state index in [1.165, 1.54) is 22.8 Å². The molecule has 0 aliphatic carbocycles. The summed E-state index contributed by atoms with van der Waals surface area (Å²) in [6.07, 6.45) is 4.08. The molecule has 1 aliphatic rings. The summed E-state index contributed by atoms with van der Waals surface area (Å²) in [7, 11) is 0. The van der Waals surface area contributed by atoms with Gasteiger partial charge in [0.2, 0.25) is 5.91 Å². The molecular formula is C21H28N2O. The SMILES string of the molecule is CCCCCC(=O)N1CCN(Cc2cccc3ccccc23)CC1. The number of hydrogen-bond acceptors (Lipinski definition) is 2. The molecule has 0 aromatic heterocycles. The first kappa shape index (κ1) is 17.0. The molecule has 2 aromatic rings. The standard InChI is InChI=1S/C21H28N2O/c1-2-3-4-12-21(24)23-15-13-22(14-16-23)17-19-10-7-9-18-8-5-6-11-20(18)19/h5-11H,2-4,12-17H2,1H3. The van der Waals surface area contributed by atoms with Crippen LogP contribution < -0.4 is 0 Å². The number of benzene rings is 2.